The fraction of sp³-hybridized carbons (Fsp3) is 0.889. The summed E-state index contributed by atoms with van der Waals surface area (Å²) in [7, 11) is 1.57. The highest BCUT2D eigenvalue weighted by atomic mass is 16.6. The van der Waals surface area contributed by atoms with Gasteiger partial charge < -0.3 is 19.3 Å². The average molecular weight is 340 g/mol. The van der Waals surface area contributed by atoms with Crippen LogP contribution in [-0.2, 0) is 14.3 Å². The molecular weight excluding hydrogens is 308 g/mol. The minimum absolute atomic E-state index is 0.0209. The SMILES string of the molecule is CCC(OC)C(=O)N1CCCCC1COC(=O)N1CCC(C)CC1. The van der Waals surface area contributed by atoms with E-state index >= 15 is 0 Å². The van der Waals surface area contributed by atoms with E-state index < -0.39 is 6.10 Å². The van der Waals surface area contributed by atoms with Gasteiger partial charge in [0.1, 0.15) is 12.7 Å². The fourth-order valence-corrected chi connectivity index (χ4v) is 3.54. The van der Waals surface area contributed by atoms with Gasteiger partial charge in [-0.05, 0) is 44.4 Å². The summed E-state index contributed by atoms with van der Waals surface area (Å²) >= 11 is 0. The molecule has 6 nitrogen and oxygen atoms in total. The van der Waals surface area contributed by atoms with Crippen molar-refractivity contribution in [1.82, 2.24) is 9.80 Å². The molecule has 2 unspecified atom stereocenters. The van der Waals surface area contributed by atoms with Crippen molar-refractivity contribution in [3.8, 4) is 0 Å². The number of rotatable bonds is 5. The van der Waals surface area contributed by atoms with Crippen molar-refractivity contribution < 1.29 is 19.1 Å². The van der Waals surface area contributed by atoms with Gasteiger partial charge in [0.2, 0.25) is 0 Å². The predicted octanol–water partition coefficient (Wildman–Crippen LogP) is 2.66. The minimum atomic E-state index is -0.398. The summed E-state index contributed by atoms with van der Waals surface area (Å²) < 4.78 is 10.8. The third-order valence-corrected chi connectivity index (χ3v) is 5.28. The van der Waals surface area contributed by atoms with Crippen LogP contribution in [0.15, 0.2) is 0 Å². The number of nitrogens with zero attached hydrogens (tertiary/aromatic N) is 2. The number of hydrogen-bond donors (Lipinski definition) is 0. The monoisotopic (exact) mass is 340 g/mol. The van der Waals surface area contributed by atoms with E-state index in [1.54, 1.807) is 12.0 Å². The van der Waals surface area contributed by atoms with Gasteiger partial charge in [0.15, 0.2) is 0 Å². The normalized spacial score (nSPS) is 23.9. The van der Waals surface area contributed by atoms with E-state index in [2.05, 4.69) is 6.92 Å². The molecule has 2 amide bonds. The Hall–Kier alpha value is -1.30. The van der Waals surface area contributed by atoms with Crippen molar-refractivity contribution in [1.29, 1.82) is 0 Å². The van der Waals surface area contributed by atoms with Gasteiger partial charge in [-0.1, -0.05) is 13.8 Å². The van der Waals surface area contributed by atoms with Crippen molar-refractivity contribution in [3.05, 3.63) is 0 Å². The van der Waals surface area contributed by atoms with Crippen LogP contribution in [0, 0.1) is 5.92 Å². The lowest BCUT2D eigenvalue weighted by molar-refractivity contribution is -0.147. The van der Waals surface area contributed by atoms with Crippen molar-refractivity contribution >= 4 is 12.0 Å². The third kappa shape index (κ3) is 4.85. The molecule has 2 aliphatic rings. The molecule has 0 radical (unpaired) electrons. The van der Waals surface area contributed by atoms with Crippen LogP contribution in [-0.4, -0.2) is 67.3 Å². The van der Waals surface area contributed by atoms with Gasteiger partial charge in [0, 0.05) is 26.7 Å². The number of methoxy groups -OCH3 is 1. The van der Waals surface area contributed by atoms with E-state index in [0.29, 0.717) is 12.3 Å². The van der Waals surface area contributed by atoms with Crippen LogP contribution < -0.4 is 0 Å². The van der Waals surface area contributed by atoms with Gasteiger partial charge in [0.05, 0.1) is 6.04 Å². The topological polar surface area (TPSA) is 59.1 Å². The van der Waals surface area contributed by atoms with E-state index in [4.69, 9.17) is 9.47 Å². The van der Waals surface area contributed by atoms with Crippen molar-refractivity contribution in [2.75, 3.05) is 33.4 Å². The molecule has 0 saturated carbocycles. The Labute approximate surface area is 145 Å². The molecule has 0 aliphatic carbocycles. The van der Waals surface area contributed by atoms with Crippen molar-refractivity contribution in [3.63, 3.8) is 0 Å². The third-order valence-electron chi connectivity index (χ3n) is 5.28. The molecule has 0 aromatic carbocycles. The Morgan fingerprint density at radius 1 is 1.12 bits per heavy atom. The molecule has 2 atom stereocenters. The smallest absolute Gasteiger partial charge is 0.409 e. The number of likely N-dealkylation sites (tertiary alicyclic amines) is 2. The first-order chi connectivity index (χ1) is 11.6. The second-order valence-corrected chi connectivity index (χ2v) is 7.06. The summed E-state index contributed by atoms with van der Waals surface area (Å²) in [5.41, 5.74) is 0. The van der Waals surface area contributed by atoms with Crippen LogP contribution >= 0.6 is 0 Å². The van der Waals surface area contributed by atoms with Gasteiger partial charge in [-0.15, -0.1) is 0 Å². The zero-order valence-corrected chi connectivity index (χ0v) is 15.3. The maximum Gasteiger partial charge on any atom is 0.409 e. The Balaban J connectivity index is 1.86. The van der Waals surface area contributed by atoms with Crippen LogP contribution in [0.1, 0.15) is 52.4 Å². The number of carbonyl (C=O) groups is 2. The predicted molar refractivity (Wildman–Crippen MR) is 91.8 cm³/mol. The number of piperidine rings is 2. The summed E-state index contributed by atoms with van der Waals surface area (Å²) in [5, 5.41) is 0. The maximum absolute atomic E-state index is 12.6. The molecule has 2 saturated heterocycles. The second-order valence-electron chi connectivity index (χ2n) is 7.06. The van der Waals surface area contributed by atoms with Gasteiger partial charge >= 0.3 is 6.09 Å². The molecule has 0 spiro atoms. The summed E-state index contributed by atoms with van der Waals surface area (Å²) in [4.78, 5) is 28.5. The number of amides is 2. The van der Waals surface area contributed by atoms with Crippen LogP contribution in [0.5, 0.6) is 0 Å². The first-order valence-corrected chi connectivity index (χ1v) is 9.31. The van der Waals surface area contributed by atoms with Crippen molar-refractivity contribution in [2.45, 2.75) is 64.5 Å². The summed E-state index contributed by atoms with van der Waals surface area (Å²) in [5.74, 6) is 0.702. The molecular formula is C18H32N2O4. The van der Waals surface area contributed by atoms with E-state index in [1.165, 1.54) is 0 Å². The Kier molecular flexibility index (Phi) is 7.34. The largest absolute Gasteiger partial charge is 0.447 e. The Bertz CT molecular complexity index is 417. The van der Waals surface area contributed by atoms with Crippen molar-refractivity contribution in [2.24, 2.45) is 5.92 Å². The lowest BCUT2D eigenvalue weighted by Crippen LogP contribution is -2.51. The molecule has 0 bridgehead atoms. The molecule has 0 N–H and O–H groups in total. The zero-order valence-electron chi connectivity index (χ0n) is 15.3. The van der Waals surface area contributed by atoms with E-state index in [0.717, 1.165) is 51.7 Å². The van der Waals surface area contributed by atoms with E-state index in [-0.39, 0.29) is 24.6 Å². The van der Waals surface area contributed by atoms with Crippen LogP contribution in [0.25, 0.3) is 0 Å². The highest BCUT2D eigenvalue weighted by molar-refractivity contribution is 5.81. The van der Waals surface area contributed by atoms with Gasteiger partial charge in [-0.25, -0.2) is 4.79 Å². The summed E-state index contributed by atoms with van der Waals surface area (Å²) in [6, 6.07) is -0.0249. The lowest BCUT2D eigenvalue weighted by atomic mass is 10.00. The molecule has 138 valence electrons. The molecule has 0 aromatic heterocycles. The van der Waals surface area contributed by atoms with Gasteiger partial charge in [0.25, 0.3) is 5.91 Å². The summed E-state index contributed by atoms with van der Waals surface area (Å²) in [6.07, 6.45) is 5.05. The van der Waals surface area contributed by atoms with Gasteiger partial charge in [-0.3, -0.25) is 4.79 Å². The highest BCUT2D eigenvalue weighted by Crippen LogP contribution is 2.21. The van der Waals surface area contributed by atoms with Gasteiger partial charge in [-0.2, -0.15) is 0 Å². The van der Waals surface area contributed by atoms with E-state index in [9.17, 15) is 9.59 Å². The Morgan fingerprint density at radius 2 is 1.83 bits per heavy atom. The molecule has 2 aliphatic heterocycles. The summed E-state index contributed by atoms with van der Waals surface area (Å²) in [6.45, 7) is 6.72. The molecule has 6 heteroatoms. The Morgan fingerprint density at radius 3 is 2.46 bits per heavy atom. The van der Waals surface area contributed by atoms with Crippen LogP contribution in [0.3, 0.4) is 0 Å². The van der Waals surface area contributed by atoms with Crippen LogP contribution in [0.2, 0.25) is 0 Å². The first-order valence-electron chi connectivity index (χ1n) is 9.31. The minimum Gasteiger partial charge on any atom is -0.447 e. The van der Waals surface area contributed by atoms with Crippen LogP contribution in [0.4, 0.5) is 4.79 Å². The lowest BCUT2D eigenvalue weighted by Gasteiger charge is -2.37. The van der Waals surface area contributed by atoms with E-state index in [1.807, 2.05) is 11.8 Å². The number of hydrogen-bond acceptors (Lipinski definition) is 4. The molecule has 2 heterocycles. The quantitative estimate of drug-likeness (QED) is 0.772. The first kappa shape index (κ1) is 19.0. The number of carbonyl (C=O) groups excluding carboxylic acids is 2. The second kappa shape index (κ2) is 9.25. The fourth-order valence-electron chi connectivity index (χ4n) is 3.54. The molecule has 0 aromatic rings. The molecule has 2 fully saturated rings. The zero-order chi connectivity index (χ0) is 17.5. The number of ether oxygens (including phenoxy) is 2. The molecule has 24 heavy (non-hydrogen) atoms. The highest BCUT2D eigenvalue weighted by Gasteiger charge is 2.32. The standard InChI is InChI=1S/C18H32N2O4/c1-4-16(23-3)17(21)20-10-6-5-7-15(20)13-24-18(22)19-11-8-14(2)9-12-19/h14-16H,4-13H2,1-3H3. The molecule has 2 rings (SSSR count). The average Bonchev–Trinajstić information content (AvgIpc) is 2.61. The maximum atomic E-state index is 12.6.